The van der Waals surface area contributed by atoms with Crippen LogP contribution in [-0.4, -0.2) is 15.0 Å². The SMILES string of the molecule is CCc1ccc(CC(N)c2cnccn2)nc1. The van der Waals surface area contributed by atoms with E-state index in [0.717, 1.165) is 17.8 Å². The van der Waals surface area contributed by atoms with Gasteiger partial charge < -0.3 is 5.73 Å². The van der Waals surface area contributed by atoms with Gasteiger partial charge in [-0.1, -0.05) is 13.0 Å². The molecule has 2 N–H and O–H groups in total. The maximum Gasteiger partial charge on any atom is 0.0757 e. The molecule has 1 atom stereocenters. The zero-order chi connectivity index (χ0) is 12.1. The van der Waals surface area contributed by atoms with E-state index in [1.807, 2.05) is 12.3 Å². The highest BCUT2D eigenvalue weighted by molar-refractivity contribution is 5.16. The van der Waals surface area contributed by atoms with Gasteiger partial charge in [0.1, 0.15) is 0 Å². The molecule has 0 bridgehead atoms. The van der Waals surface area contributed by atoms with Gasteiger partial charge in [-0.3, -0.25) is 15.0 Å². The highest BCUT2D eigenvalue weighted by Gasteiger charge is 2.09. The molecule has 17 heavy (non-hydrogen) atoms. The largest absolute Gasteiger partial charge is 0.322 e. The summed E-state index contributed by atoms with van der Waals surface area (Å²) in [4.78, 5) is 12.6. The normalized spacial score (nSPS) is 12.4. The van der Waals surface area contributed by atoms with Crippen molar-refractivity contribution in [3.05, 3.63) is 53.9 Å². The summed E-state index contributed by atoms with van der Waals surface area (Å²) in [6.45, 7) is 2.11. The molecule has 0 saturated heterocycles. The molecular weight excluding hydrogens is 212 g/mol. The lowest BCUT2D eigenvalue weighted by molar-refractivity contribution is 0.678. The van der Waals surface area contributed by atoms with Gasteiger partial charge >= 0.3 is 0 Å². The Labute approximate surface area is 101 Å². The Bertz CT molecular complexity index is 453. The lowest BCUT2D eigenvalue weighted by Crippen LogP contribution is -2.15. The molecule has 2 heterocycles. The van der Waals surface area contributed by atoms with Crippen LogP contribution in [0.5, 0.6) is 0 Å². The first-order valence-electron chi connectivity index (χ1n) is 5.75. The van der Waals surface area contributed by atoms with Gasteiger partial charge in [0.05, 0.1) is 11.7 Å². The maximum absolute atomic E-state index is 6.06. The summed E-state index contributed by atoms with van der Waals surface area (Å²) in [5, 5.41) is 0. The van der Waals surface area contributed by atoms with Gasteiger partial charge in [0.2, 0.25) is 0 Å². The third-order valence-electron chi connectivity index (χ3n) is 2.69. The van der Waals surface area contributed by atoms with E-state index in [-0.39, 0.29) is 6.04 Å². The number of pyridine rings is 1. The Morgan fingerprint density at radius 1 is 1.18 bits per heavy atom. The highest BCUT2D eigenvalue weighted by atomic mass is 14.8. The summed E-state index contributed by atoms with van der Waals surface area (Å²) in [5.74, 6) is 0. The fourth-order valence-electron chi connectivity index (χ4n) is 1.62. The fraction of sp³-hybridized carbons (Fsp3) is 0.308. The molecule has 0 aromatic carbocycles. The summed E-state index contributed by atoms with van der Waals surface area (Å²) < 4.78 is 0. The number of hydrogen-bond donors (Lipinski definition) is 1. The van der Waals surface area contributed by atoms with Gasteiger partial charge in [-0.05, 0) is 18.1 Å². The van der Waals surface area contributed by atoms with E-state index in [0.29, 0.717) is 6.42 Å². The number of aryl methyl sites for hydroxylation is 1. The van der Waals surface area contributed by atoms with Crippen molar-refractivity contribution in [2.24, 2.45) is 5.73 Å². The van der Waals surface area contributed by atoms with Crippen LogP contribution in [0.25, 0.3) is 0 Å². The minimum atomic E-state index is -0.149. The molecule has 2 aromatic rings. The van der Waals surface area contributed by atoms with E-state index in [9.17, 15) is 0 Å². The van der Waals surface area contributed by atoms with Crippen LogP contribution in [0.2, 0.25) is 0 Å². The third-order valence-corrected chi connectivity index (χ3v) is 2.69. The molecule has 0 aliphatic heterocycles. The summed E-state index contributed by atoms with van der Waals surface area (Å²) in [7, 11) is 0. The molecule has 4 heteroatoms. The van der Waals surface area contributed by atoms with E-state index in [2.05, 4.69) is 27.9 Å². The summed E-state index contributed by atoms with van der Waals surface area (Å²) in [5.41, 5.74) is 9.08. The van der Waals surface area contributed by atoms with Gasteiger partial charge in [-0.2, -0.15) is 0 Å². The Morgan fingerprint density at radius 2 is 2.06 bits per heavy atom. The second-order valence-electron chi connectivity index (χ2n) is 3.95. The Morgan fingerprint density at radius 3 is 2.65 bits per heavy atom. The van der Waals surface area contributed by atoms with Crippen LogP contribution < -0.4 is 5.73 Å². The summed E-state index contributed by atoms with van der Waals surface area (Å²) in [6, 6.07) is 3.96. The van der Waals surface area contributed by atoms with Crippen LogP contribution in [0.15, 0.2) is 36.9 Å². The van der Waals surface area contributed by atoms with Crippen molar-refractivity contribution in [2.45, 2.75) is 25.8 Å². The van der Waals surface area contributed by atoms with Crippen molar-refractivity contribution in [2.75, 3.05) is 0 Å². The predicted octanol–water partition coefficient (Wildman–Crippen LogP) is 1.68. The smallest absolute Gasteiger partial charge is 0.0757 e. The van der Waals surface area contributed by atoms with Gasteiger partial charge in [-0.15, -0.1) is 0 Å². The standard InChI is InChI=1S/C13H16N4/c1-2-10-3-4-11(17-8-10)7-12(14)13-9-15-5-6-16-13/h3-6,8-9,12H,2,7,14H2,1H3. The van der Waals surface area contributed by atoms with Crippen LogP contribution in [0.4, 0.5) is 0 Å². The van der Waals surface area contributed by atoms with Crippen LogP contribution in [0.3, 0.4) is 0 Å². The van der Waals surface area contributed by atoms with E-state index >= 15 is 0 Å². The number of aromatic nitrogens is 3. The number of nitrogens with zero attached hydrogens (tertiary/aromatic N) is 3. The van der Waals surface area contributed by atoms with Crippen molar-refractivity contribution >= 4 is 0 Å². The monoisotopic (exact) mass is 228 g/mol. The van der Waals surface area contributed by atoms with E-state index in [4.69, 9.17) is 5.73 Å². The number of nitrogens with two attached hydrogens (primary N) is 1. The van der Waals surface area contributed by atoms with Crippen LogP contribution in [0.1, 0.15) is 29.9 Å². The van der Waals surface area contributed by atoms with E-state index in [1.165, 1.54) is 5.56 Å². The first-order chi connectivity index (χ1) is 8.29. The number of rotatable bonds is 4. The van der Waals surface area contributed by atoms with Crippen molar-refractivity contribution in [1.82, 2.24) is 15.0 Å². The molecule has 2 rings (SSSR count). The molecule has 4 nitrogen and oxygen atoms in total. The first-order valence-corrected chi connectivity index (χ1v) is 5.75. The second kappa shape index (κ2) is 5.50. The van der Waals surface area contributed by atoms with Gasteiger partial charge in [-0.25, -0.2) is 0 Å². The Kier molecular flexibility index (Phi) is 3.77. The molecule has 0 fully saturated rings. The Balaban J connectivity index is 2.05. The third kappa shape index (κ3) is 3.07. The van der Waals surface area contributed by atoms with E-state index < -0.39 is 0 Å². The van der Waals surface area contributed by atoms with E-state index in [1.54, 1.807) is 18.6 Å². The first kappa shape index (κ1) is 11.7. The second-order valence-corrected chi connectivity index (χ2v) is 3.95. The van der Waals surface area contributed by atoms with Gasteiger partial charge in [0, 0.05) is 36.9 Å². The lowest BCUT2D eigenvalue weighted by atomic mass is 10.1. The van der Waals surface area contributed by atoms with Crippen molar-refractivity contribution in [3.8, 4) is 0 Å². The van der Waals surface area contributed by atoms with Crippen molar-refractivity contribution in [3.63, 3.8) is 0 Å². The predicted molar refractivity (Wildman–Crippen MR) is 66.3 cm³/mol. The zero-order valence-electron chi connectivity index (χ0n) is 9.87. The van der Waals surface area contributed by atoms with Crippen LogP contribution in [0, 0.1) is 0 Å². The number of hydrogen-bond acceptors (Lipinski definition) is 4. The average Bonchev–Trinajstić information content (AvgIpc) is 2.40. The molecule has 88 valence electrons. The zero-order valence-corrected chi connectivity index (χ0v) is 9.87. The highest BCUT2D eigenvalue weighted by Crippen LogP contribution is 2.11. The molecule has 0 radical (unpaired) electrons. The molecule has 0 aliphatic rings. The summed E-state index contributed by atoms with van der Waals surface area (Å²) >= 11 is 0. The van der Waals surface area contributed by atoms with Crippen LogP contribution >= 0.6 is 0 Å². The van der Waals surface area contributed by atoms with Gasteiger partial charge in [0.25, 0.3) is 0 Å². The molecule has 0 aliphatic carbocycles. The molecule has 0 saturated carbocycles. The minimum Gasteiger partial charge on any atom is -0.322 e. The maximum atomic E-state index is 6.06. The molecule has 2 aromatic heterocycles. The topological polar surface area (TPSA) is 64.7 Å². The average molecular weight is 228 g/mol. The van der Waals surface area contributed by atoms with Crippen molar-refractivity contribution in [1.29, 1.82) is 0 Å². The molecule has 1 unspecified atom stereocenters. The molecule has 0 amide bonds. The summed E-state index contributed by atoms with van der Waals surface area (Å²) in [6.07, 6.45) is 8.59. The minimum absolute atomic E-state index is 0.149. The lowest BCUT2D eigenvalue weighted by Gasteiger charge is -2.09. The molecular formula is C13H16N4. The van der Waals surface area contributed by atoms with Crippen LogP contribution in [-0.2, 0) is 12.8 Å². The van der Waals surface area contributed by atoms with Crippen molar-refractivity contribution < 1.29 is 0 Å². The Hall–Kier alpha value is -1.81. The fourth-order valence-corrected chi connectivity index (χ4v) is 1.62. The van der Waals surface area contributed by atoms with Gasteiger partial charge in [0.15, 0.2) is 0 Å². The quantitative estimate of drug-likeness (QED) is 0.864. The molecule has 0 spiro atoms.